The van der Waals surface area contributed by atoms with E-state index < -0.39 is 18.5 Å². The Bertz CT molecular complexity index is 704. The molecule has 0 saturated heterocycles. The second-order valence-electron chi connectivity index (χ2n) is 9.02. The van der Waals surface area contributed by atoms with Gasteiger partial charge < -0.3 is 30.0 Å². The summed E-state index contributed by atoms with van der Waals surface area (Å²) in [6.07, 6.45) is 0.763. The van der Waals surface area contributed by atoms with E-state index in [4.69, 9.17) is 14.2 Å². The highest BCUT2D eigenvalue weighted by Crippen LogP contribution is 2.29. The molecule has 3 N–H and O–H groups in total. The van der Waals surface area contributed by atoms with Crippen LogP contribution in [0.4, 0.5) is 4.79 Å². The quantitative estimate of drug-likeness (QED) is 0.172. The number of carbonyl (C=O) groups excluding carboxylic acids is 2. The number of carbonyl (C=O) groups is 2. The minimum Gasteiger partial charge on any atom is -0.444 e. The fourth-order valence-corrected chi connectivity index (χ4v) is 4.62. The third kappa shape index (κ3) is 16.2. The lowest BCUT2D eigenvalue weighted by molar-refractivity contribution is -0.213. The first-order valence-corrected chi connectivity index (χ1v) is 13.7. The van der Waals surface area contributed by atoms with E-state index in [0.29, 0.717) is 25.1 Å². The molecule has 1 aromatic heterocycles. The largest absolute Gasteiger partial charge is 0.444 e. The Morgan fingerprint density at radius 1 is 1.15 bits per heavy atom. The summed E-state index contributed by atoms with van der Waals surface area (Å²) in [5, 5.41) is 15.9. The molecule has 0 aliphatic heterocycles. The number of hydrogen-bond donors (Lipinski definition) is 3. The van der Waals surface area contributed by atoms with Gasteiger partial charge in [0.1, 0.15) is 11.6 Å². The van der Waals surface area contributed by atoms with Crippen LogP contribution in [0, 0.1) is 5.41 Å². The molecule has 9 nitrogen and oxygen atoms in total. The van der Waals surface area contributed by atoms with Crippen molar-refractivity contribution in [2.75, 3.05) is 32.1 Å². The summed E-state index contributed by atoms with van der Waals surface area (Å²) in [6, 6.07) is 5.70. The van der Waals surface area contributed by atoms with Crippen LogP contribution in [0.5, 0.6) is 0 Å². The number of pyridine rings is 1. The molecule has 0 bridgehead atoms. The lowest BCUT2D eigenvalue weighted by Crippen LogP contribution is -2.38. The first-order chi connectivity index (χ1) is 16.1. The van der Waals surface area contributed by atoms with Gasteiger partial charge in [0.05, 0.1) is 18.8 Å². The SMILES string of the molecule is CC(C)OC(COC(=O)NCCNC(=O)CCSSc1ccccn1)OC(CO)CC(C)(C)C. The van der Waals surface area contributed by atoms with Crippen molar-refractivity contribution in [2.24, 2.45) is 5.41 Å². The minimum atomic E-state index is -0.786. The third-order valence-corrected chi connectivity index (χ3v) is 6.34. The maximum Gasteiger partial charge on any atom is 0.407 e. The van der Waals surface area contributed by atoms with Crippen molar-refractivity contribution < 1.29 is 28.9 Å². The van der Waals surface area contributed by atoms with Gasteiger partial charge in [-0.1, -0.05) is 37.6 Å². The van der Waals surface area contributed by atoms with E-state index in [0.717, 1.165) is 5.03 Å². The maximum atomic E-state index is 12.0. The van der Waals surface area contributed by atoms with Crippen molar-refractivity contribution >= 4 is 33.6 Å². The highest BCUT2D eigenvalue weighted by atomic mass is 33.1. The van der Waals surface area contributed by atoms with Gasteiger partial charge in [-0.15, -0.1) is 0 Å². The predicted molar refractivity (Wildman–Crippen MR) is 136 cm³/mol. The van der Waals surface area contributed by atoms with Crippen molar-refractivity contribution in [3.63, 3.8) is 0 Å². The van der Waals surface area contributed by atoms with E-state index in [2.05, 4.69) is 36.4 Å². The Hall–Kier alpha value is -1.53. The average molecular weight is 518 g/mol. The van der Waals surface area contributed by atoms with E-state index >= 15 is 0 Å². The number of rotatable bonds is 16. The molecule has 2 atom stereocenters. The van der Waals surface area contributed by atoms with Crippen molar-refractivity contribution in [1.29, 1.82) is 0 Å². The summed E-state index contributed by atoms with van der Waals surface area (Å²) < 4.78 is 16.7. The molecule has 0 fully saturated rings. The summed E-state index contributed by atoms with van der Waals surface area (Å²) in [6.45, 7) is 10.1. The maximum absolute atomic E-state index is 12.0. The number of nitrogens with zero attached hydrogens (tertiary/aromatic N) is 1. The molecular formula is C23H39N3O6S2. The monoisotopic (exact) mass is 517 g/mol. The summed E-state index contributed by atoms with van der Waals surface area (Å²) in [5.74, 6) is 0.570. The van der Waals surface area contributed by atoms with E-state index in [1.807, 2.05) is 32.0 Å². The standard InChI is InChI=1S/C23H39N3O6S2/c1-17(2)31-21(32-18(15-27)14-23(3,4)5)16-30-22(29)26-12-11-24-19(28)9-13-33-34-20-8-6-7-10-25-20/h6-8,10,17-18,21,27H,9,11-16H2,1-5H3,(H,24,28)(H,26,29). The molecule has 0 aliphatic rings. The van der Waals surface area contributed by atoms with Crippen LogP contribution in [-0.4, -0.2) is 72.6 Å². The van der Waals surface area contributed by atoms with E-state index in [1.54, 1.807) is 17.0 Å². The van der Waals surface area contributed by atoms with Gasteiger partial charge in [0.2, 0.25) is 5.91 Å². The van der Waals surface area contributed by atoms with Crippen LogP contribution in [0.1, 0.15) is 47.5 Å². The molecule has 0 radical (unpaired) electrons. The Balaban J connectivity index is 2.22. The summed E-state index contributed by atoms with van der Waals surface area (Å²) in [5.41, 5.74) is -0.0327. The molecular weight excluding hydrogens is 478 g/mol. The fraction of sp³-hybridized carbons (Fsp3) is 0.696. The number of aliphatic hydroxyl groups is 1. The van der Waals surface area contributed by atoms with Crippen molar-refractivity contribution in [3.8, 4) is 0 Å². The van der Waals surface area contributed by atoms with Crippen molar-refractivity contribution in [1.82, 2.24) is 15.6 Å². The van der Waals surface area contributed by atoms with E-state index in [9.17, 15) is 14.7 Å². The number of ether oxygens (including phenoxy) is 3. The van der Waals surface area contributed by atoms with Crippen LogP contribution in [0.3, 0.4) is 0 Å². The molecule has 1 rings (SSSR count). The van der Waals surface area contributed by atoms with Gasteiger partial charge in [0.25, 0.3) is 0 Å². The molecule has 34 heavy (non-hydrogen) atoms. The van der Waals surface area contributed by atoms with Gasteiger partial charge in [-0.2, -0.15) is 0 Å². The van der Waals surface area contributed by atoms with Crippen LogP contribution in [0.25, 0.3) is 0 Å². The Morgan fingerprint density at radius 3 is 2.50 bits per heavy atom. The molecule has 194 valence electrons. The van der Waals surface area contributed by atoms with Gasteiger partial charge in [-0.25, -0.2) is 9.78 Å². The molecule has 0 aliphatic carbocycles. The Kier molecular flexibility index (Phi) is 15.2. The van der Waals surface area contributed by atoms with Gasteiger partial charge >= 0.3 is 6.09 Å². The Labute approximate surface area is 210 Å². The Morgan fingerprint density at radius 2 is 1.88 bits per heavy atom. The van der Waals surface area contributed by atoms with Crippen LogP contribution in [-0.2, 0) is 19.0 Å². The predicted octanol–water partition coefficient (Wildman–Crippen LogP) is 3.62. The summed E-state index contributed by atoms with van der Waals surface area (Å²) in [4.78, 5) is 28.1. The van der Waals surface area contributed by atoms with E-state index in [1.165, 1.54) is 10.8 Å². The van der Waals surface area contributed by atoms with Gasteiger partial charge in [-0.3, -0.25) is 4.79 Å². The third-order valence-electron chi connectivity index (χ3n) is 4.07. The zero-order valence-corrected chi connectivity index (χ0v) is 22.4. The zero-order valence-electron chi connectivity index (χ0n) is 20.7. The van der Waals surface area contributed by atoms with E-state index in [-0.39, 0.29) is 37.2 Å². The first-order valence-electron chi connectivity index (χ1n) is 11.4. The molecule has 2 unspecified atom stereocenters. The lowest BCUT2D eigenvalue weighted by Gasteiger charge is -2.29. The molecule has 1 heterocycles. The van der Waals surface area contributed by atoms with Gasteiger partial charge in [0, 0.05) is 31.5 Å². The highest BCUT2D eigenvalue weighted by Gasteiger charge is 2.24. The summed E-state index contributed by atoms with van der Waals surface area (Å²) >= 11 is 0. The number of nitrogens with one attached hydrogen (secondary N) is 2. The first kappa shape index (κ1) is 30.5. The second-order valence-corrected chi connectivity index (χ2v) is 11.5. The average Bonchev–Trinajstić information content (AvgIpc) is 2.77. The number of aromatic nitrogens is 1. The molecule has 0 saturated carbocycles. The van der Waals surface area contributed by atoms with Crippen molar-refractivity contribution in [3.05, 3.63) is 24.4 Å². The van der Waals surface area contributed by atoms with Crippen LogP contribution < -0.4 is 10.6 Å². The molecule has 0 spiro atoms. The number of amides is 2. The van der Waals surface area contributed by atoms with Crippen LogP contribution >= 0.6 is 21.6 Å². The topological polar surface area (TPSA) is 119 Å². The van der Waals surface area contributed by atoms with Crippen molar-refractivity contribution in [2.45, 2.75) is 71.0 Å². The number of hydrogen-bond acceptors (Lipinski definition) is 9. The van der Waals surface area contributed by atoms with Crippen LogP contribution in [0.15, 0.2) is 29.4 Å². The highest BCUT2D eigenvalue weighted by molar-refractivity contribution is 8.76. The fourth-order valence-electron chi connectivity index (χ4n) is 2.75. The number of aliphatic hydroxyl groups excluding tert-OH is 1. The molecule has 11 heteroatoms. The smallest absolute Gasteiger partial charge is 0.407 e. The zero-order chi connectivity index (χ0) is 25.4. The minimum absolute atomic E-state index is 0.0327. The normalized spacial score (nSPS) is 13.4. The second kappa shape index (κ2) is 17.0. The molecule has 2 amide bonds. The summed E-state index contributed by atoms with van der Waals surface area (Å²) in [7, 11) is 3.10. The number of alkyl carbamates (subject to hydrolysis) is 1. The molecule has 0 aromatic carbocycles. The molecule has 1 aromatic rings. The van der Waals surface area contributed by atoms with Gasteiger partial charge in [-0.05, 0) is 48.6 Å². The van der Waals surface area contributed by atoms with Crippen LogP contribution in [0.2, 0.25) is 0 Å². The lowest BCUT2D eigenvalue weighted by atomic mass is 9.89. The van der Waals surface area contributed by atoms with Gasteiger partial charge in [0.15, 0.2) is 6.29 Å².